The van der Waals surface area contributed by atoms with Crippen molar-refractivity contribution in [3.8, 4) is 11.4 Å². The maximum absolute atomic E-state index is 11.8. The SMILES string of the molecule is Cc1cc(-c2noc([C@@H](C)OC3CCN(OC(=O)OC(C)(C)C)CC3)n2)ccn1. The van der Waals surface area contributed by atoms with Gasteiger partial charge >= 0.3 is 6.16 Å². The van der Waals surface area contributed by atoms with E-state index in [9.17, 15) is 4.79 Å². The Bertz CT molecular complexity index is 824. The minimum atomic E-state index is -0.685. The van der Waals surface area contributed by atoms with Crippen LogP contribution in [0.15, 0.2) is 22.9 Å². The van der Waals surface area contributed by atoms with Crippen LogP contribution in [0.2, 0.25) is 0 Å². The number of nitrogens with zero attached hydrogens (tertiary/aromatic N) is 4. The molecule has 0 aliphatic carbocycles. The lowest BCUT2D eigenvalue weighted by atomic mass is 10.1. The van der Waals surface area contributed by atoms with E-state index in [2.05, 4.69) is 15.1 Å². The molecule has 1 aliphatic rings. The Morgan fingerprint density at radius 3 is 2.69 bits per heavy atom. The fourth-order valence-electron chi connectivity index (χ4n) is 2.98. The van der Waals surface area contributed by atoms with Crippen LogP contribution in [0.25, 0.3) is 11.4 Å². The van der Waals surface area contributed by atoms with E-state index in [4.69, 9.17) is 18.8 Å². The average Bonchev–Trinajstić information content (AvgIpc) is 3.12. The second kappa shape index (κ2) is 8.87. The molecular formula is C20H28N4O5. The van der Waals surface area contributed by atoms with Gasteiger partial charge in [0.15, 0.2) is 0 Å². The normalized spacial score (nSPS) is 17.1. The molecule has 158 valence electrons. The third kappa shape index (κ3) is 6.23. The largest absolute Gasteiger partial charge is 0.528 e. The summed E-state index contributed by atoms with van der Waals surface area (Å²) in [7, 11) is 0. The van der Waals surface area contributed by atoms with Gasteiger partial charge < -0.3 is 18.8 Å². The molecule has 9 nitrogen and oxygen atoms in total. The maximum Gasteiger partial charge on any atom is 0.528 e. The molecule has 0 radical (unpaired) electrons. The predicted molar refractivity (Wildman–Crippen MR) is 104 cm³/mol. The van der Waals surface area contributed by atoms with Crippen molar-refractivity contribution in [2.24, 2.45) is 0 Å². The highest BCUT2D eigenvalue weighted by Gasteiger charge is 2.27. The second-order valence-electron chi connectivity index (χ2n) is 8.10. The van der Waals surface area contributed by atoms with Crippen LogP contribution in [0.1, 0.15) is 58.2 Å². The van der Waals surface area contributed by atoms with Crippen molar-refractivity contribution in [2.75, 3.05) is 13.1 Å². The summed E-state index contributed by atoms with van der Waals surface area (Å²) in [6, 6.07) is 3.74. The maximum atomic E-state index is 11.8. The first-order valence-corrected chi connectivity index (χ1v) is 9.77. The molecule has 0 unspecified atom stereocenters. The van der Waals surface area contributed by atoms with E-state index in [0.29, 0.717) is 24.8 Å². The van der Waals surface area contributed by atoms with E-state index in [1.54, 1.807) is 32.0 Å². The summed E-state index contributed by atoms with van der Waals surface area (Å²) in [5.74, 6) is 0.948. The molecule has 1 atom stereocenters. The predicted octanol–water partition coefficient (Wildman–Crippen LogP) is 3.85. The smallest absolute Gasteiger partial charge is 0.427 e. The fraction of sp³-hybridized carbons (Fsp3) is 0.600. The number of aromatic nitrogens is 3. The van der Waals surface area contributed by atoms with Crippen LogP contribution in [0.5, 0.6) is 0 Å². The number of pyridine rings is 1. The highest BCUT2D eigenvalue weighted by Crippen LogP contribution is 2.25. The molecule has 9 heteroatoms. The Hall–Kier alpha value is -2.52. The highest BCUT2D eigenvalue weighted by molar-refractivity contribution is 5.60. The van der Waals surface area contributed by atoms with Gasteiger partial charge in [-0.3, -0.25) is 4.98 Å². The summed E-state index contributed by atoms with van der Waals surface area (Å²) in [5.41, 5.74) is 1.16. The topological polar surface area (TPSA) is 99.8 Å². The summed E-state index contributed by atoms with van der Waals surface area (Å²) in [4.78, 5) is 25.6. The van der Waals surface area contributed by atoms with Crippen molar-refractivity contribution in [1.82, 2.24) is 20.2 Å². The first-order chi connectivity index (χ1) is 13.7. The minimum Gasteiger partial charge on any atom is -0.427 e. The number of hydroxylamine groups is 2. The van der Waals surface area contributed by atoms with E-state index in [1.807, 2.05) is 26.0 Å². The zero-order valence-electron chi connectivity index (χ0n) is 17.5. The van der Waals surface area contributed by atoms with Gasteiger partial charge in [0.25, 0.3) is 5.89 Å². The van der Waals surface area contributed by atoms with Crippen LogP contribution < -0.4 is 0 Å². The Labute approximate surface area is 170 Å². The molecule has 1 saturated heterocycles. The fourth-order valence-corrected chi connectivity index (χ4v) is 2.98. The molecule has 0 N–H and O–H groups in total. The van der Waals surface area contributed by atoms with Gasteiger partial charge in [-0.05, 0) is 59.6 Å². The number of hydrogen-bond acceptors (Lipinski definition) is 9. The van der Waals surface area contributed by atoms with Gasteiger partial charge in [-0.15, -0.1) is 5.06 Å². The zero-order valence-corrected chi connectivity index (χ0v) is 17.5. The summed E-state index contributed by atoms with van der Waals surface area (Å²) in [6.07, 6.45) is 2.16. The molecular weight excluding hydrogens is 376 g/mol. The summed E-state index contributed by atoms with van der Waals surface area (Å²) in [5, 5.41) is 5.65. The van der Waals surface area contributed by atoms with Gasteiger partial charge in [0, 0.05) is 30.5 Å². The third-order valence-electron chi connectivity index (χ3n) is 4.34. The lowest BCUT2D eigenvalue weighted by Gasteiger charge is -2.31. The number of piperidine rings is 1. The molecule has 2 aromatic heterocycles. The quantitative estimate of drug-likeness (QED) is 0.688. The Balaban J connectivity index is 1.48. The van der Waals surface area contributed by atoms with Crippen molar-refractivity contribution in [2.45, 2.75) is 65.3 Å². The van der Waals surface area contributed by atoms with Crippen LogP contribution in [-0.2, 0) is 14.3 Å². The molecule has 1 fully saturated rings. The summed E-state index contributed by atoms with van der Waals surface area (Å²) < 4.78 is 16.6. The van der Waals surface area contributed by atoms with Crippen molar-refractivity contribution >= 4 is 6.16 Å². The van der Waals surface area contributed by atoms with Crippen LogP contribution in [-0.4, -0.2) is 51.1 Å². The number of rotatable bonds is 5. The Morgan fingerprint density at radius 2 is 2.03 bits per heavy atom. The van der Waals surface area contributed by atoms with Gasteiger partial charge in [-0.25, -0.2) is 4.79 Å². The zero-order chi connectivity index (χ0) is 21.0. The van der Waals surface area contributed by atoms with Crippen LogP contribution in [0.3, 0.4) is 0 Å². The van der Waals surface area contributed by atoms with E-state index in [-0.39, 0.29) is 12.2 Å². The van der Waals surface area contributed by atoms with Crippen molar-refractivity contribution in [3.05, 3.63) is 29.9 Å². The molecule has 0 amide bonds. The van der Waals surface area contributed by atoms with Gasteiger partial charge in [0.2, 0.25) is 5.82 Å². The molecule has 1 aliphatic heterocycles. The van der Waals surface area contributed by atoms with Crippen LogP contribution in [0.4, 0.5) is 4.79 Å². The first kappa shape index (κ1) is 21.2. The van der Waals surface area contributed by atoms with Crippen LogP contribution in [0, 0.1) is 6.92 Å². The van der Waals surface area contributed by atoms with Crippen molar-refractivity contribution in [3.63, 3.8) is 0 Å². The number of hydrogen-bond donors (Lipinski definition) is 0. The highest BCUT2D eigenvalue weighted by atomic mass is 16.8. The number of carbonyl (C=O) groups is 1. The molecule has 0 saturated carbocycles. The average molecular weight is 404 g/mol. The van der Waals surface area contributed by atoms with Crippen LogP contribution >= 0.6 is 0 Å². The number of ether oxygens (including phenoxy) is 2. The number of aryl methyl sites for hydroxylation is 1. The summed E-state index contributed by atoms with van der Waals surface area (Å²) in [6.45, 7) is 10.3. The molecule has 0 bridgehead atoms. The van der Waals surface area contributed by atoms with Crippen molar-refractivity contribution < 1.29 is 23.6 Å². The standard InChI is InChI=1S/C20H28N4O5/c1-13-12-15(6-9-21-13)17-22-18(28-23-17)14(2)26-16-7-10-24(11-8-16)29-19(25)27-20(3,4)5/h6,9,12,14,16H,7-8,10-11H2,1-5H3/t14-/m1/s1. The molecule has 29 heavy (non-hydrogen) atoms. The van der Waals surface area contributed by atoms with Gasteiger partial charge in [0.05, 0.1) is 6.10 Å². The van der Waals surface area contributed by atoms with Gasteiger partial charge in [0.1, 0.15) is 11.7 Å². The van der Waals surface area contributed by atoms with Gasteiger partial charge in [-0.1, -0.05) is 5.16 Å². The molecule has 2 aromatic rings. The molecule has 3 rings (SSSR count). The lowest BCUT2D eigenvalue weighted by Crippen LogP contribution is -2.40. The molecule has 0 spiro atoms. The lowest BCUT2D eigenvalue weighted by molar-refractivity contribution is -0.169. The van der Waals surface area contributed by atoms with Gasteiger partial charge in [-0.2, -0.15) is 4.98 Å². The Kier molecular flexibility index (Phi) is 6.49. The second-order valence-corrected chi connectivity index (χ2v) is 8.10. The van der Waals surface area contributed by atoms with E-state index < -0.39 is 11.8 Å². The van der Waals surface area contributed by atoms with Crippen molar-refractivity contribution in [1.29, 1.82) is 0 Å². The van der Waals surface area contributed by atoms with E-state index in [1.165, 1.54) is 0 Å². The Morgan fingerprint density at radius 1 is 1.31 bits per heavy atom. The molecule has 3 heterocycles. The van der Waals surface area contributed by atoms with E-state index in [0.717, 1.165) is 24.1 Å². The minimum absolute atomic E-state index is 0.0157. The molecule has 0 aromatic carbocycles. The third-order valence-corrected chi connectivity index (χ3v) is 4.34. The first-order valence-electron chi connectivity index (χ1n) is 9.77. The van der Waals surface area contributed by atoms with E-state index >= 15 is 0 Å². The number of carbonyl (C=O) groups excluding carboxylic acids is 1. The summed E-state index contributed by atoms with van der Waals surface area (Å²) >= 11 is 0. The monoisotopic (exact) mass is 404 g/mol.